The molecule has 2 heterocycles. The normalized spacial score (nSPS) is 22.3. The molecule has 1 fully saturated rings. The molecule has 1 aromatic carbocycles. The zero-order valence-corrected chi connectivity index (χ0v) is 12.6. The molecule has 0 radical (unpaired) electrons. The molecule has 0 bridgehead atoms. The summed E-state index contributed by atoms with van der Waals surface area (Å²) in [6, 6.07) is 7.72. The molecule has 1 saturated heterocycles. The predicted octanol–water partition coefficient (Wildman–Crippen LogP) is 3.65. The smallest absolute Gasteiger partial charge is 0.158 e. The van der Waals surface area contributed by atoms with Crippen molar-refractivity contribution in [1.82, 2.24) is 9.55 Å². The summed E-state index contributed by atoms with van der Waals surface area (Å²) >= 11 is 5.87. The third kappa shape index (κ3) is 4.30. The Morgan fingerprint density at radius 1 is 1.29 bits per heavy atom. The van der Waals surface area contributed by atoms with E-state index in [1.807, 2.05) is 41.4 Å². The maximum Gasteiger partial charge on any atom is 0.158 e. The Morgan fingerprint density at radius 2 is 2.14 bits per heavy atom. The molecule has 0 amide bonds. The molecule has 5 heteroatoms. The number of halogens is 1. The summed E-state index contributed by atoms with van der Waals surface area (Å²) in [5.41, 5.74) is 1.11. The van der Waals surface area contributed by atoms with Crippen molar-refractivity contribution in [3.8, 4) is 0 Å². The number of ether oxygens (including phenoxy) is 2. The summed E-state index contributed by atoms with van der Waals surface area (Å²) in [5.74, 6) is 0. The Labute approximate surface area is 129 Å². The van der Waals surface area contributed by atoms with Crippen molar-refractivity contribution in [2.45, 2.75) is 44.8 Å². The van der Waals surface area contributed by atoms with Gasteiger partial charge < -0.3 is 14.0 Å². The van der Waals surface area contributed by atoms with Crippen molar-refractivity contribution in [3.05, 3.63) is 53.6 Å². The first-order valence-electron chi connectivity index (χ1n) is 7.27. The van der Waals surface area contributed by atoms with Crippen LogP contribution in [-0.4, -0.2) is 21.9 Å². The molecule has 3 rings (SSSR count). The number of aromatic nitrogens is 2. The molecule has 2 aromatic rings. The van der Waals surface area contributed by atoms with Crippen LogP contribution in [0.3, 0.4) is 0 Å². The number of hydrogen-bond acceptors (Lipinski definition) is 3. The van der Waals surface area contributed by atoms with E-state index in [2.05, 4.69) is 4.98 Å². The Balaban J connectivity index is 1.48. The lowest BCUT2D eigenvalue weighted by Gasteiger charge is -2.30. The standard InChI is InChI=1S/C16H19ClN2O2/c17-14-6-4-13(5-7-14)11-20-16-3-1-2-15(21-16)10-19-9-8-18-12-19/h4-9,12,15-16H,1-3,10-11H2/t15-,16+/m1/s1. The first kappa shape index (κ1) is 14.6. The predicted molar refractivity (Wildman–Crippen MR) is 81.0 cm³/mol. The molecule has 0 unspecified atom stereocenters. The quantitative estimate of drug-likeness (QED) is 0.846. The largest absolute Gasteiger partial charge is 0.348 e. The summed E-state index contributed by atoms with van der Waals surface area (Å²) < 4.78 is 13.9. The highest BCUT2D eigenvalue weighted by molar-refractivity contribution is 6.30. The van der Waals surface area contributed by atoms with Crippen LogP contribution >= 0.6 is 11.6 Å². The Bertz CT molecular complexity index is 542. The summed E-state index contributed by atoms with van der Waals surface area (Å²) in [5, 5.41) is 0.744. The van der Waals surface area contributed by atoms with Crippen LogP contribution in [0.15, 0.2) is 43.0 Å². The van der Waals surface area contributed by atoms with E-state index in [9.17, 15) is 0 Å². The lowest BCUT2D eigenvalue weighted by molar-refractivity contribution is -0.201. The van der Waals surface area contributed by atoms with Gasteiger partial charge in [0.05, 0.1) is 19.0 Å². The van der Waals surface area contributed by atoms with Gasteiger partial charge >= 0.3 is 0 Å². The highest BCUT2D eigenvalue weighted by Gasteiger charge is 2.23. The van der Waals surface area contributed by atoms with Gasteiger partial charge in [0.2, 0.25) is 0 Å². The van der Waals surface area contributed by atoms with Crippen LogP contribution < -0.4 is 0 Å². The van der Waals surface area contributed by atoms with Crippen molar-refractivity contribution >= 4 is 11.6 Å². The molecule has 4 nitrogen and oxygen atoms in total. The molecule has 1 aliphatic heterocycles. The van der Waals surface area contributed by atoms with E-state index in [-0.39, 0.29) is 12.4 Å². The van der Waals surface area contributed by atoms with Crippen LogP contribution in [0.1, 0.15) is 24.8 Å². The average molecular weight is 307 g/mol. The van der Waals surface area contributed by atoms with Gasteiger partial charge in [0, 0.05) is 24.0 Å². The van der Waals surface area contributed by atoms with Crippen molar-refractivity contribution in [2.75, 3.05) is 0 Å². The molecule has 0 spiro atoms. The molecular weight excluding hydrogens is 288 g/mol. The SMILES string of the molecule is Clc1ccc(CO[C@@H]2CCC[C@H](Cn3ccnc3)O2)cc1. The lowest BCUT2D eigenvalue weighted by atomic mass is 10.1. The van der Waals surface area contributed by atoms with E-state index in [4.69, 9.17) is 21.1 Å². The van der Waals surface area contributed by atoms with Crippen molar-refractivity contribution < 1.29 is 9.47 Å². The summed E-state index contributed by atoms with van der Waals surface area (Å²) in [6.45, 7) is 1.39. The highest BCUT2D eigenvalue weighted by Crippen LogP contribution is 2.22. The number of hydrogen-bond donors (Lipinski definition) is 0. The van der Waals surface area contributed by atoms with Crippen LogP contribution in [0.25, 0.3) is 0 Å². The summed E-state index contributed by atoms with van der Waals surface area (Å²) in [7, 11) is 0. The average Bonchev–Trinajstić information content (AvgIpc) is 3.00. The summed E-state index contributed by atoms with van der Waals surface area (Å²) in [4.78, 5) is 4.06. The van der Waals surface area contributed by atoms with Crippen LogP contribution in [0.2, 0.25) is 5.02 Å². The molecule has 1 aromatic heterocycles. The zero-order valence-electron chi connectivity index (χ0n) is 11.8. The van der Waals surface area contributed by atoms with Gasteiger partial charge in [-0.1, -0.05) is 23.7 Å². The van der Waals surface area contributed by atoms with Gasteiger partial charge in [-0.15, -0.1) is 0 Å². The third-order valence-corrected chi connectivity index (χ3v) is 3.88. The Kier molecular flexibility index (Phi) is 4.91. The molecule has 2 atom stereocenters. The number of imidazole rings is 1. The Hall–Kier alpha value is -1.36. The summed E-state index contributed by atoms with van der Waals surface area (Å²) in [6.07, 6.45) is 8.80. The first-order chi connectivity index (χ1) is 10.3. The van der Waals surface area contributed by atoms with Crippen LogP contribution in [0.4, 0.5) is 0 Å². The molecule has 112 valence electrons. The minimum absolute atomic E-state index is 0.122. The van der Waals surface area contributed by atoms with Crippen LogP contribution in [-0.2, 0) is 22.6 Å². The van der Waals surface area contributed by atoms with Crippen LogP contribution in [0.5, 0.6) is 0 Å². The topological polar surface area (TPSA) is 36.3 Å². The van der Waals surface area contributed by atoms with Crippen molar-refractivity contribution in [1.29, 1.82) is 0 Å². The monoisotopic (exact) mass is 306 g/mol. The number of rotatable bonds is 5. The fourth-order valence-corrected chi connectivity index (χ4v) is 2.65. The number of benzene rings is 1. The van der Waals surface area contributed by atoms with Gasteiger partial charge in [0.1, 0.15) is 0 Å². The Morgan fingerprint density at radius 3 is 2.90 bits per heavy atom. The van der Waals surface area contributed by atoms with Gasteiger partial charge in [-0.2, -0.15) is 0 Å². The highest BCUT2D eigenvalue weighted by atomic mass is 35.5. The zero-order chi connectivity index (χ0) is 14.5. The maximum absolute atomic E-state index is 6.01. The molecule has 21 heavy (non-hydrogen) atoms. The van der Waals surface area contributed by atoms with E-state index in [1.54, 1.807) is 6.20 Å². The van der Waals surface area contributed by atoms with Crippen LogP contribution in [0, 0.1) is 0 Å². The lowest BCUT2D eigenvalue weighted by Crippen LogP contribution is -2.32. The maximum atomic E-state index is 6.01. The first-order valence-corrected chi connectivity index (χ1v) is 7.64. The molecule has 1 aliphatic rings. The van der Waals surface area contributed by atoms with Crippen molar-refractivity contribution in [3.63, 3.8) is 0 Å². The minimum atomic E-state index is -0.122. The second-order valence-corrected chi connectivity index (χ2v) is 5.75. The van der Waals surface area contributed by atoms with Gasteiger partial charge in [-0.05, 0) is 37.0 Å². The molecular formula is C16H19ClN2O2. The van der Waals surface area contributed by atoms with Gasteiger partial charge in [-0.3, -0.25) is 0 Å². The molecule has 0 aliphatic carbocycles. The van der Waals surface area contributed by atoms with E-state index in [0.29, 0.717) is 6.61 Å². The van der Waals surface area contributed by atoms with E-state index >= 15 is 0 Å². The van der Waals surface area contributed by atoms with Crippen molar-refractivity contribution in [2.24, 2.45) is 0 Å². The fourth-order valence-electron chi connectivity index (χ4n) is 2.52. The second-order valence-electron chi connectivity index (χ2n) is 5.32. The second kappa shape index (κ2) is 7.07. The van der Waals surface area contributed by atoms with E-state index in [0.717, 1.165) is 36.4 Å². The fraction of sp³-hybridized carbons (Fsp3) is 0.438. The van der Waals surface area contributed by atoms with E-state index in [1.165, 1.54) is 0 Å². The third-order valence-electron chi connectivity index (χ3n) is 3.63. The van der Waals surface area contributed by atoms with Gasteiger partial charge in [-0.25, -0.2) is 4.98 Å². The number of nitrogens with zero attached hydrogens (tertiary/aromatic N) is 2. The van der Waals surface area contributed by atoms with Gasteiger partial charge in [0.15, 0.2) is 6.29 Å². The molecule has 0 saturated carbocycles. The van der Waals surface area contributed by atoms with E-state index < -0.39 is 0 Å². The molecule has 0 N–H and O–H groups in total. The van der Waals surface area contributed by atoms with Gasteiger partial charge in [0.25, 0.3) is 0 Å². The minimum Gasteiger partial charge on any atom is -0.348 e.